The van der Waals surface area contributed by atoms with Crippen molar-refractivity contribution in [3.05, 3.63) is 29.8 Å². The molecule has 46 heavy (non-hydrogen) atoms. The largest absolute Gasteiger partial charge is 0.363 e. The van der Waals surface area contributed by atoms with Crippen molar-refractivity contribution in [2.75, 3.05) is 12.8 Å². The maximum atomic E-state index is 14.3. The fraction of sp³-hybridized carbons (Fsp3) is 0.657. The zero-order chi connectivity index (χ0) is 34.3. The van der Waals surface area contributed by atoms with Crippen molar-refractivity contribution in [1.29, 1.82) is 0 Å². The molecule has 1 unspecified atom stereocenters. The first-order chi connectivity index (χ1) is 21.4. The molecule has 4 amide bonds. The molecular weight excluding hydrogens is 604 g/mol. The van der Waals surface area contributed by atoms with Gasteiger partial charge in [-0.25, -0.2) is 4.79 Å². The van der Waals surface area contributed by atoms with E-state index in [2.05, 4.69) is 24.5 Å². The summed E-state index contributed by atoms with van der Waals surface area (Å²) in [4.78, 5) is 82.2. The number of nitrogens with one attached hydrogen (secondary N) is 2. The van der Waals surface area contributed by atoms with Crippen LogP contribution in [0.1, 0.15) is 84.5 Å². The molecule has 4 rings (SSSR count). The Morgan fingerprint density at radius 1 is 1.02 bits per heavy atom. The molecule has 11 heteroatoms. The Morgan fingerprint density at radius 3 is 2.13 bits per heavy atom. The van der Waals surface area contributed by atoms with Crippen LogP contribution in [0.5, 0.6) is 0 Å². The van der Waals surface area contributed by atoms with Gasteiger partial charge in [0.15, 0.2) is 11.6 Å². The number of amides is 4. The lowest BCUT2D eigenvalue weighted by atomic mass is 9.84. The Labute approximate surface area is 276 Å². The molecule has 1 aliphatic heterocycles. The van der Waals surface area contributed by atoms with E-state index in [1.54, 1.807) is 28.8 Å². The summed E-state index contributed by atoms with van der Waals surface area (Å²) in [5.41, 5.74) is 4.93. The number of carbonyl (C=O) groups is 6. The standard InChI is InChI=1S/C35H50N4O6S/c1-18(2)26(28(41)20-11-13-22(46-8)14-12-20)37-33(45)38-30(34(3,4)5)32(44)39-17-23-25(35(23,6)7)27(39)24(40)16-21(15-19-9-10-19)29(42)31(36)43/h11-14,18-19,21,23,25-27,30H,9-10,15-17H2,1-8H3,(H2,36,43)(H2,37,38,45)/t21?,23-,25-,26-,27+,30+/m0/s1. The van der Waals surface area contributed by atoms with Gasteiger partial charge in [0, 0.05) is 29.3 Å². The van der Waals surface area contributed by atoms with Gasteiger partial charge < -0.3 is 21.3 Å². The monoisotopic (exact) mass is 654 g/mol. The predicted octanol–water partition coefficient (Wildman–Crippen LogP) is 4.24. The molecule has 1 aromatic rings. The van der Waals surface area contributed by atoms with Gasteiger partial charge >= 0.3 is 6.03 Å². The highest BCUT2D eigenvalue weighted by atomic mass is 32.2. The van der Waals surface area contributed by atoms with E-state index in [4.69, 9.17) is 5.73 Å². The summed E-state index contributed by atoms with van der Waals surface area (Å²) < 4.78 is 0. The Kier molecular flexibility index (Phi) is 10.5. The van der Waals surface area contributed by atoms with Crippen LogP contribution in [0.15, 0.2) is 29.2 Å². The number of likely N-dealkylation sites (tertiary alicyclic amines) is 1. The number of hydrogen-bond acceptors (Lipinski definition) is 7. The Bertz CT molecular complexity index is 1380. The zero-order valence-corrected chi connectivity index (χ0v) is 29.2. The van der Waals surface area contributed by atoms with Crippen LogP contribution in [-0.2, 0) is 19.2 Å². The molecule has 6 atom stereocenters. The predicted molar refractivity (Wildman–Crippen MR) is 177 cm³/mol. The van der Waals surface area contributed by atoms with E-state index in [1.807, 2.05) is 53.0 Å². The first-order valence-corrected chi connectivity index (χ1v) is 17.5. The van der Waals surface area contributed by atoms with Crippen molar-refractivity contribution >= 4 is 47.0 Å². The molecule has 3 fully saturated rings. The number of fused-ring (bicyclic) bond motifs is 1. The number of rotatable bonds is 14. The number of ketones is 3. The van der Waals surface area contributed by atoms with E-state index < -0.39 is 47.2 Å². The molecular formula is C35H50N4O6S. The number of thioether (sulfide) groups is 1. The molecule has 0 spiro atoms. The molecule has 0 bridgehead atoms. The van der Waals surface area contributed by atoms with Crippen LogP contribution in [0.25, 0.3) is 0 Å². The van der Waals surface area contributed by atoms with Crippen molar-refractivity contribution in [3.8, 4) is 0 Å². The van der Waals surface area contributed by atoms with E-state index >= 15 is 0 Å². The van der Waals surface area contributed by atoms with E-state index in [1.165, 1.54) is 0 Å². The van der Waals surface area contributed by atoms with Gasteiger partial charge in [0.2, 0.25) is 11.7 Å². The second-order valence-electron chi connectivity index (χ2n) is 15.4. The fourth-order valence-corrected chi connectivity index (χ4v) is 7.49. The normalized spacial score (nSPS) is 23.6. The zero-order valence-electron chi connectivity index (χ0n) is 28.3. The number of benzene rings is 1. The number of hydrogen-bond donors (Lipinski definition) is 3. The molecule has 1 saturated heterocycles. The second-order valence-corrected chi connectivity index (χ2v) is 16.3. The van der Waals surface area contributed by atoms with Crippen LogP contribution in [-0.4, -0.2) is 71.0 Å². The van der Waals surface area contributed by atoms with Crippen LogP contribution < -0.4 is 16.4 Å². The lowest BCUT2D eigenvalue weighted by Crippen LogP contribution is -2.61. The highest BCUT2D eigenvalue weighted by molar-refractivity contribution is 7.98. The highest BCUT2D eigenvalue weighted by Gasteiger charge is 2.69. The van der Waals surface area contributed by atoms with Crippen molar-refractivity contribution in [1.82, 2.24) is 15.5 Å². The first-order valence-electron chi connectivity index (χ1n) is 16.3. The van der Waals surface area contributed by atoms with Gasteiger partial charge in [0.05, 0.1) is 12.1 Å². The third-order valence-electron chi connectivity index (χ3n) is 10.2. The van der Waals surface area contributed by atoms with E-state index in [0.29, 0.717) is 24.4 Å². The highest BCUT2D eigenvalue weighted by Crippen LogP contribution is 2.65. The Balaban J connectivity index is 1.52. The fourth-order valence-electron chi connectivity index (χ4n) is 7.08. The van der Waals surface area contributed by atoms with Gasteiger partial charge in [-0.3, -0.25) is 24.0 Å². The summed E-state index contributed by atoms with van der Waals surface area (Å²) in [6.45, 7) is 13.7. The smallest absolute Gasteiger partial charge is 0.316 e. The van der Waals surface area contributed by atoms with Crippen molar-refractivity contribution < 1.29 is 28.8 Å². The summed E-state index contributed by atoms with van der Waals surface area (Å²) >= 11 is 1.57. The van der Waals surface area contributed by atoms with Crippen molar-refractivity contribution in [2.24, 2.45) is 46.2 Å². The molecule has 0 radical (unpaired) electrons. The topological polar surface area (TPSA) is 156 Å². The summed E-state index contributed by atoms with van der Waals surface area (Å²) in [6.07, 6.45) is 4.16. The molecule has 1 heterocycles. The molecule has 3 aliphatic rings. The molecule has 1 aromatic carbocycles. The number of carbonyl (C=O) groups excluding carboxylic acids is 6. The van der Waals surface area contributed by atoms with Gasteiger partial charge in [0.25, 0.3) is 5.91 Å². The molecule has 0 aromatic heterocycles. The van der Waals surface area contributed by atoms with Crippen LogP contribution >= 0.6 is 11.8 Å². The average molecular weight is 655 g/mol. The number of nitrogens with zero attached hydrogens (tertiary/aromatic N) is 1. The minimum atomic E-state index is -1.04. The molecule has 4 N–H and O–H groups in total. The third kappa shape index (κ3) is 7.66. The summed E-state index contributed by atoms with van der Waals surface area (Å²) in [6, 6.07) is 3.98. The lowest BCUT2D eigenvalue weighted by Gasteiger charge is -2.38. The molecule has 10 nitrogen and oxygen atoms in total. The number of primary amides is 1. The number of nitrogens with two attached hydrogens (primary N) is 1. The SMILES string of the molecule is CSc1ccc(C(=O)[C@@H](NC(=O)N[C@H](C(=O)N2C[C@H]3[C@@H]([C@H]2C(=O)CC(CC2CC2)C(=O)C(N)=O)C3(C)C)C(C)(C)C)C(C)C)cc1. The summed E-state index contributed by atoms with van der Waals surface area (Å²) in [5.74, 6) is -3.32. The van der Waals surface area contributed by atoms with Crippen LogP contribution in [0.2, 0.25) is 0 Å². The summed E-state index contributed by atoms with van der Waals surface area (Å²) in [5, 5.41) is 5.64. The van der Waals surface area contributed by atoms with Gasteiger partial charge in [-0.05, 0) is 59.3 Å². The second kappa shape index (κ2) is 13.5. The van der Waals surface area contributed by atoms with Gasteiger partial charge in [-0.2, -0.15) is 0 Å². The van der Waals surface area contributed by atoms with E-state index in [0.717, 1.165) is 17.7 Å². The number of Topliss-reactive ketones (excluding diaryl/α,β-unsaturated/α-hetero) is 3. The Morgan fingerprint density at radius 2 is 1.63 bits per heavy atom. The third-order valence-corrected chi connectivity index (χ3v) is 10.9. The molecule has 2 saturated carbocycles. The lowest BCUT2D eigenvalue weighted by molar-refractivity contribution is -0.144. The van der Waals surface area contributed by atoms with E-state index in [9.17, 15) is 28.8 Å². The van der Waals surface area contributed by atoms with Crippen molar-refractivity contribution in [2.45, 2.75) is 97.2 Å². The van der Waals surface area contributed by atoms with Crippen LogP contribution in [0, 0.1) is 40.4 Å². The van der Waals surface area contributed by atoms with Crippen LogP contribution in [0.4, 0.5) is 4.79 Å². The first kappa shape index (κ1) is 35.6. The average Bonchev–Trinajstić information content (AvgIpc) is 3.84. The number of urea groups is 1. The van der Waals surface area contributed by atoms with Gasteiger partial charge in [0.1, 0.15) is 6.04 Å². The maximum absolute atomic E-state index is 14.3. The number of piperidine rings is 1. The minimum Gasteiger partial charge on any atom is -0.363 e. The van der Waals surface area contributed by atoms with Gasteiger partial charge in [-0.15, -0.1) is 11.8 Å². The molecule has 2 aliphatic carbocycles. The minimum absolute atomic E-state index is 0.0795. The summed E-state index contributed by atoms with van der Waals surface area (Å²) in [7, 11) is 0. The maximum Gasteiger partial charge on any atom is 0.316 e. The van der Waals surface area contributed by atoms with E-state index in [-0.39, 0.29) is 47.1 Å². The van der Waals surface area contributed by atoms with Crippen LogP contribution in [0.3, 0.4) is 0 Å². The molecule has 252 valence electrons. The quantitative estimate of drug-likeness (QED) is 0.154. The Hall–Kier alpha value is -3.21. The van der Waals surface area contributed by atoms with Crippen molar-refractivity contribution in [3.63, 3.8) is 0 Å². The van der Waals surface area contributed by atoms with Gasteiger partial charge in [-0.1, -0.05) is 73.4 Å².